The van der Waals surface area contributed by atoms with Crippen molar-refractivity contribution in [2.24, 2.45) is 10.7 Å². The minimum atomic E-state index is -4.58. The van der Waals surface area contributed by atoms with Gasteiger partial charge in [0.2, 0.25) is 0 Å². The first-order chi connectivity index (χ1) is 21.7. The molecule has 4 N–H and O–H groups in total. The summed E-state index contributed by atoms with van der Waals surface area (Å²) in [4.78, 5) is 42.8. The van der Waals surface area contributed by atoms with Crippen LogP contribution in [0.2, 0.25) is 0 Å². The molecule has 1 fully saturated rings. The van der Waals surface area contributed by atoms with E-state index in [1.807, 2.05) is 69.3 Å². The highest BCUT2D eigenvalue weighted by molar-refractivity contribution is 6.13. The number of ether oxygens (including phenoxy) is 1. The van der Waals surface area contributed by atoms with Crippen LogP contribution >= 0.6 is 0 Å². The molecule has 1 aliphatic rings. The topological polar surface area (TPSA) is 126 Å². The van der Waals surface area contributed by atoms with Crippen molar-refractivity contribution in [3.8, 4) is 0 Å². The number of nitrogens with two attached hydrogens (primary N) is 1. The van der Waals surface area contributed by atoms with E-state index in [9.17, 15) is 27.6 Å². The zero-order chi connectivity index (χ0) is 33.9. The highest BCUT2D eigenvalue weighted by Crippen LogP contribution is 2.30. The Hall–Kier alpha value is -5.13. The summed E-state index contributed by atoms with van der Waals surface area (Å²) in [7, 11) is 0. The first-order valence-electron chi connectivity index (χ1n) is 14.6. The van der Waals surface area contributed by atoms with Crippen molar-refractivity contribution >= 4 is 29.4 Å². The number of hydrogen-bond donors (Lipinski definition) is 3. The second-order valence-corrected chi connectivity index (χ2v) is 11.2. The standard InChI is InChI=1S/C22H21F3N4O2.C12H17NO2/c1-2-29-19(27-17-9-4-3-5-10-17)15(13-26)12-18(21(29)31)28-20(30)14-7-6-8-16(11-14)22(23,24)25;1-12(2,3)15-11(14)13-9-10-7-5-4-6-8-10/h3-11,13,18H,2,12,26H2,1H3,(H,28,30);4-8H,9H2,1-3H3,(H,13,14)/b15-13-,27-19?;. The Labute approximate surface area is 266 Å². The number of nitrogens with zero attached hydrogens (tertiary/aromatic N) is 2. The molecule has 1 atom stereocenters. The molecule has 9 nitrogen and oxygen atoms in total. The van der Waals surface area contributed by atoms with Crippen molar-refractivity contribution in [1.82, 2.24) is 15.5 Å². The Morgan fingerprint density at radius 2 is 1.63 bits per heavy atom. The van der Waals surface area contributed by atoms with Crippen LogP contribution in [0.15, 0.2) is 102 Å². The molecule has 1 heterocycles. The van der Waals surface area contributed by atoms with Crippen molar-refractivity contribution in [3.05, 3.63) is 113 Å². The maximum atomic E-state index is 13.0. The van der Waals surface area contributed by atoms with E-state index in [2.05, 4.69) is 15.6 Å². The predicted octanol–water partition coefficient (Wildman–Crippen LogP) is 6.34. The van der Waals surface area contributed by atoms with E-state index in [0.29, 0.717) is 23.6 Å². The van der Waals surface area contributed by atoms with Crippen LogP contribution in [0.4, 0.5) is 23.7 Å². The van der Waals surface area contributed by atoms with E-state index < -0.39 is 35.2 Å². The van der Waals surface area contributed by atoms with Crippen LogP contribution in [0.25, 0.3) is 0 Å². The van der Waals surface area contributed by atoms with E-state index >= 15 is 0 Å². The molecule has 0 bridgehead atoms. The zero-order valence-corrected chi connectivity index (χ0v) is 26.1. The van der Waals surface area contributed by atoms with Gasteiger partial charge < -0.3 is 21.1 Å². The average Bonchev–Trinajstić information content (AvgIpc) is 3.01. The number of halogens is 3. The monoisotopic (exact) mass is 637 g/mol. The Balaban J connectivity index is 0.000000322. The number of amides is 3. The molecule has 0 spiro atoms. The maximum Gasteiger partial charge on any atom is 0.416 e. The number of hydrogen-bond acceptors (Lipinski definition) is 6. The molecule has 4 rings (SSSR count). The van der Waals surface area contributed by atoms with E-state index in [0.717, 1.165) is 23.8 Å². The number of alkyl halides is 3. The number of carbonyl (C=O) groups is 3. The smallest absolute Gasteiger partial charge is 0.416 e. The molecule has 1 unspecified atom stereocenters. The minimum absolute atomic E-state index is 0.0716. The lowest BCUT2D eigenvalue weighted by molar-refractivity contribution is -0.137. The van der Waals surface area contributed by atoms with Gasteiger partial charge in [0.1, 0.15) is 17.5 Å². The summed E-state index contributed by atoms with van der Waals surface area (Å²) in [6, 6.07) is 21.8. The lowest BCUT2D eigenvalue weighted by atomic mass is 9.97. The molecule has 3 amide bonds. The van der Waals surface area contributed by atoms with Gasteiger partial charge in [0.25, 0.3) is 11.8 Å². The fraction of sp³-hybridized carbons (Fsp3) is 0.294. The van der Waals surface area contributed by atoms with Gasteiger partial charge in [0.05, 0.1) is 11.3 Å². The number of piperidine rings is 1. The quantitative estimate of drug-likeness (QED) is 0.291. The predicted molar refractivity (Wildman–Crippen MR) is 170 cm³/mol. The van der Waals surface area contributed by atoms with Gasteiger partial charge in [-0.2, -0.15) is 13.2 Å². The third kappa shape index (κ3) is 10.5. The lowest BCUT2D eigenvalue weighted by Crippen LogP contribution is -2.55. The van der Waals surface area contributed by atoms with Crippen LogP contribution in [-0.4, -0.2) is 46.8 Å². The number of rotatable bonds is 6. The summed E-state index contributed by atoms with van der Waals surface area (Å²) in [6.45, 7) is 8.05. The molecule has 1 saturated heterocycles. The number of aliphatic imine (C=N–C) groups is 1. The number of amidine groups is 1. The zero-order valence-electron chi connectivity index (χ0n) is 26.1. The first-order valence-corrected chi connectivity index (χ1v) is 14.6. The molecular weight excluding hydrogens is 599 g/mol. The van der Waals surface area contributed by atoms with Crippen LogP contribution in [0.3, 0.4) is 0 Å². The molecule has 0 saturated carbocycles. The number of nitrogens with one attached hydrogen (secondary N) is 2. The maximum absolute atomic E-state index is 13.0. The molecule has 0 aliphatic carbocycles. The third-order valence-electron chi connectivity index (χ3n) is 6.48. The molecule has 1 aliphatic heterocycles. The minimum Gasteiger partial charge on any atom is -0.444 e. The Bertz CT molecular complexity index is 1550. The van der Waals surface area contributed by atoms with Crippen LogP contribution in [-0.2, 0) is 22.3 Å². The molecule has 46 heavy (non-hydrogen) atoms. The number of para-hydroxylation sites is 1. The first kappa shape index (κ1) is 35.4. The lowest BCUT2D eigenvalue weighted by Gasteiger charge is -2.34. The van der Waals surface area contributed by atoms with E-state index in [1.165, 1.54) is 17.2 Å². The second-order valence-electron chi connectivity index (χ2n) is 11.2. The summed E-state index contributed by atoms with van der Waals surface area (Å²) in [5.41, 5.74) is 6.43. The number of likely N-dealkylation sites (tertiary alicyclic amines) is 1. The summed E-state index contributed by atoms with van der Waals surface area (Å²) >= 11 is 0. The molecule has 12 heteroatoms. The van der Waals surface area contributed by atoms with Gasteiger partial charge >= 0.3 is 12.3 Å². The number of carbonyl (C=O) groups excluding carboxylic acids is 3. The van der Waals surface area contributed by atoms with Gasteiger partial charge in [-0.3, -0.25) is 14.5 Å². The van der Waals surface area contributed by atoms with Crippen molar-refractivity contribution in [3.63, 3.8) is 0 Å². The normalized spacial score (nSPS) is 16.8. The molecule has 3 aromatic rings. The van der Waals surface area contributed by atoms with Crippen molar-refractivity contribution in [2.75, 3.05) is 6.54 Å². The van der Waals surface area contributed by atoms with Gasteiger partial charge in [-0.1, -0.05) is 54.6 Å². The van der Waals surface area contributed by atoms with Crippen molar-refractivity contribution in [2.45, 2.75) is 58.5 Å². The summed E-state index contributed by atoms with van der Waals surface area (Å²) < 4.78 is 43.9. The molecule has 0 radical (unpaired) electrons. The average molecular weight is 638 g/mol. The fourth-order valence-corrected chi connectivity index (χ4v) is 4.34. The summed E-state index contributed by atoms with van der Waals surface area (Å²) in [5.74, 6) is -0.811. The molecule has 244 valence electrons. The van der Waals surface area contributed by atoms with Gasteiger partial charge in [-0.05, 0) is 63.6 Å². The Morgan fingerprint density at radius 1 is 1.00 bits per heavy atom. The van der Waals surface area contributed by atoms with Crippen molar-refractivity contribution < 1.29 is 32.3 Å². The highest BCUT2D eigenvalue weighted by atomic mass is 19.4. The van der Waals surface area contributed by atoms with Gasteiger partial charge in [-0.15, -0.1) is 0 Å². The van der Waals surface area contributed by atoms with Crippen LogP contribution < -0.4 is 16.4 Å². The SMILES string of the molecule is CC(C)(C)OC(=O)NCc1ccccc1.CCN1C(=O)C(NC(=O)c2cccc(C(F)(F)F)c2)C/C(=C/N)C1=Nc1ccccc1. The van der Waals surface area contributed by atoms with Crippen molar-refractivity contribution in [1.29, 1.82) is 0 Å². The third-order valence-corrected chi connectivity index (χ3v) is 6.48. The second kappa shape index (κ2) is 15.7. The Kier molecular flexibility index (Phi) is 12.1. The largest absolute Gasteiger partial charge is 0.444 e. The van der Waals surface area contributed by atoms with E-state index in [4.69, 9.17) is 10.5 Å². The number of benzene rings is 3. The van der Waals surface area contributed by atoms with Gasteiger partial charge in [0.15, 0.2) is 0 Å². The van der Waals surface area contributed by atoms with Gasteiger partial charge in [0, 0.05) is 36.8 Å². The molecule has 0 aromatic heterocycles. The highest BCUT2D eigenvalue weighted by Gasteiger charge is 2.37. The van der Waals surface area contributed by atoms with Crippen LogP contribution in [0.5, 0.6) is 0 Å². The summed E-state index contributed by atoms with van der Waals surface area (Å²) in [5, 5.41) is 5.22. The van der Waals surface area contributed by atoms with Crippen LogP contribution in [0.1, 0.15) is 55.6 Å². The molecule has 3 aromatic carbocycles. The fourth-order valence-electron chi connectivity index (χ4n) is 4.34. The summed E-state index contributed by atoms with van der Waals surface area (Å²) in [6.07, 6.45) is -3.57. The number of likely N-dealkylation sites (N-methyl/N-ethyl adjacent to an activating group) is 1. The van der Waals surface area contributed by atoms with E-state index in [-0.39, 0.29) is 24.6 Å². The Morgan fingerprint density at radius 3 is 2.20 bits per heavy atom. The van der Waals surface area contributed by atoms with Gasteiger partial charge in [-0.25, -0.2) is 9.79 Å². The van der Waals surface area contributed by atoms with Crippen LogP contribution in [0, 0.1) is 0 Å². The number of alkyl carbamates (subject to hydrolysis) is 1. The van der Waals surface area contributed by atoms with E-state index in [1.54, 1.807) is 19.1 Å². The molecular formula is C34H38F3N5O4.